The number of rotatable bonds is 5. The fourth-order valence-corrected chi connectivity index (χ4v) is 4.21. The average Bonchev–Trinajstić information content (AvgIpc) is 2.67. The molecule has 0 saturated carbocycles. The number of sulfone groups is 1. The number of pyridine rings is 1. The van der Waals surface area contributed by atoms with E-state index >= 15 is 0 Å². The van der Waals surface area contributed by atoms with Crippen molar-refractivity contribution in [2.45, 2.75) is 11.8 Å². The number of nitrogens with zero attached hydrogens (tertiary/aromatic N) is 1. The molecule has 9 heteroatoms. The van der Waals surface area contributed by atoms with Crippen molar-refractivity contribution in [1.29, 1.82) is 0 Å². The second kappa shape index (κ2) is 8.25. The minimum atomic E-state index is -3.72. The first-order valence-corrected chi connectivity index (χ1v) is 11.0. The number of hydrogen-bond donors (Lipinski definition) is 2. The van der Waals surface area contributed by atoms with Gasteiger partial charge >= 0.3 is 0 Å². The number of amides is 2. The molecule has 1 heterocycles. The summed E-state index contributed by atoms with van der Waals surface area (Å²) in [7, 11) is -3.72. The van der Waals surface area contributed by atoms with Gasteiger partial charge in [0.15, 0.2) is 9.84 Å². The summed E-state index contributed by atoms with van der Waals surface area (Å²) in [4.78, 5) is 28.0. The fraction of sp³-hybridized carbons (Fsp3) is 0.0952. The Hall–Kier alpha value is -3.23. The molecule has 2 amide bonds. The number of anilines is 1. The molecule has 7 nitrogen and oxygen atoms in total. The average molecular weight is 444 g/mol. The number of carbonyl (C=O) groups excluding carboxylic acids is 2. The van der Waals surface area contributed by atoms with E-state index < -0.39 is 21.7 Å². The van der Waals surface area contributed by atoms with Crippen LogP contribution in [0.1, 0.15) is 17.3 Å². The molecule has 0 radical (unpaired) electrons. The van der Waals surface area contributed by atoms with E-state index in [0.717, 1.165) is 6.26 Å². The van der Waals surface area contributed by atoms with Gasteiger partial charge in [-0.2, -0.15) is 0 Å². The standard InChI is InChI=1S/C21H18ClN3O4S/c1-12(26)25-20-14(21(23)27)7-9-18(30(2,28)29)19(20)13-6-8-16(22)15(11-13)17-5-3-4-10-24-17/h3-11H,1-2H3,(H2,23,27)(H,25,26). The molecular formula is C21H18ClN3O4S. The third-order valence-electron chi connectivity index (χ3n) is 4.33. The Bertz CT molecular complexity index is 1260. The highest BCUT2D eigenvalue weighted by Gasteiger charge is 2.24. The van der Waals surface area contributed by atoms with Crippen LogP contribution in [0, 0.1) is 0 Å². The van der Waals surface area contributed by atoms with Gasteiger partial charge in [0.05, 0.1) is 21.8 Å². The number of nitrogens with two attached hydrogens (primary N) is 1. The van der Waals surface area contributed by atoms with Gasteiger partial charge in [-0.15, -0.1) is 0 Å². The van der Waals surface area contributed by atoms with Crippen LogP contribution in [0.2, 0.25) is 5.02 Å². The number of carbonyl (C=O) groups is 2. The molecule has 0 aliphatic carbocycles. The van der Waals surface area contributed by atoms with Crippen molar-refractivity contribution in [2.24, 2.45) is 5.73 Å². The van der Waals surface area contributed by atoms with E-state index in [4.69, 9.17) is 17.3 Å². The number of primary amides is 1. The summed E-state index contributed by atoms with van der Waals surface area (Å²) in [5, 5.41) is 2.96. The topological polar surface area (TPSA) is 119 Å². The molecule has 3 N–H and O–H groups in total. The normalized spacial score (nSPS) is 11.2. The summed E-state index contributed by atoms with van der Waals surface area (Å²) >= 11 is 6.35. The number of nitrogens with one attached hydrogen (secondary N) is 1. The van der Waals surface area contributed by atoms with E-state index in [1.165, 1.54) is 19.1 Å². The van der Waals surface area contributed by atoms with Crippen LogP contribution in [0.25, 0.3) is 22.4 Å². The maximum Gasteiger partial charge on any atom is 0.250 e. The Morgan fingerprint density at radius 1 is 1.10 bits per heavy atom. The largest absolute Gasteiger partial charge is 0.366 e. The van der Waals surface area contributed by atoms with Crippen LogP contribution in [0.15, 0.2) is 59.6 Å². The SMILES string of the molecule is CC(=O)Nc1c(C(N)=O)ccc(S(C)(=O)=O)c1-c1ccc(Cl)c(-c2ccccn2)c1. The number of aromatic nitrogens is 1. The number of benzene rings is 2. The van der Waals surface area contributed by atoms with Gasteiger partial charge in [-0.3, -0.25) is 14.6 Å². The molecule has 0 atom stereocenters. The second-order valence-electron chi connectivity index (χ2n) is 6.59. The molecule has 154 valence electrons. The highest BCUT2D eigenvalue weighted by Crippen LogP contribution is 2.40. The van der Waals surface area contributed by atoms with Crippen LogP contribution in [0.4, 0.5) is 5.69 Å². The minimum absolute atomic E-state index is 0.0121. The lowest BCUT2D eigenvalue weighted by Crippen LogP contribution is -2.18. The lowest BCUT2D eigenvalue weighted by Gasteiger charge is -2.18. The maximum atomic E-state index is 12.5. The monoisotopic (exact) mass is 443 g/mol. The quantitative estimate of drug-likeness (QED) is 0.625. The molecule has 0 fully saturated rings. The zero-order valence-corrected chi connectivity index (χ0v) is 17.7. The summed E-state index contributed by atoms with van der Waals surface area (Å²) in [6, 6.07) is 12.8. The Morgan fingerprint density at radius 3 is 2.40 bits per heavy atom. The van der Waals surface area contributed by atoms with E-state index in [2.05, 4.69) is 10.3 Å². The van der Waals surface area contributed by atoms with Crippen molar-refractivity contribution in [2.75, 3.05) is 11.6 Å². The Kier molecular flexibility index (Phi) is 5.91. The van der Waals surface area contributed by atoms with Crippen molar-refractivity contribution < 1.29 is 18.0 Å². The van der Waals surface area contributed by atoms with Gasteiger partial charge in [0.1, 0.15) is 0 Å². The van der Waals surface area contributed by atoms with Gasteiger partial charge in [-0.25, -0.2) is 8.42 Å². The highest BCUT2D eigenvalue weighted by molar-refractivity contribution is 7.90. The second-order valence-corrected chi connectivity index (χ2v) is 8.98. The van der Waals surface area contributed by atoms with Gasteiger partial charge in [0, 0.05) is 35.5 Å². The van der Waals surface area contributed by atoms with Crippen LogP contribution in [0.5, 0.6) is 0 Å². The van der Waals surface area contributed by atoms with Gasteiger partial charge < -0.3 is 11.1 Å². The van der Waals surface area contributed by atoms with E-state index in [9.17, 15) is 18.0 Å². The first-order chi connectivity index (χ1) is 14.1. The summed E-state index contributed by atoms with van der Waals surface area (Å²) in [6.45, 7) is 1.25. The molecule has 3 aromatic rings. The van der Waals surface area contributed by atoms with E-state index in [1.807, 2.05) is 0 Å². The third-order valence-corrected chi connectivity index (χ3v) is 5.80. The van der Waals surface area contributed by atoms with Gasteiger partial charge in [-0.1, -0.05) is 23.7 Å². The van der Waals surface area contributed by atoms with Crippen molar-refractivity contribution in [3.8, 4) is 22.4 Å². The summed E-state index contributed by atoms with van der Waals surface area (Å²) in [5.41, 5.74) is 7.20. The first kappa shape index (κ1) is 21.5. The number of halogens is 1. The summed E-state index contributed by atoms with van der Waals surface area (Å²) in [5.74, 6) is -1.29. The van der Waals surface area contributed by atoms with Crippen LogP contribution >= 0.6 is 11.6 Å². The van der Waals surface area contributed by atoms with Crippen molar-refractivity contribution in [3.63, 3.8) is 0 Å². The van der Waals surface area contributed by atoms with E-state index in [0.29, 0.717) is 21.8 Å². The van der Waals surface area contributed by atoms with Crippen molar-refractivity contribution in [3.05, 3.63) is 65.3 Å². The van der Waals surface area contributed by atoms with Crippen molar-refractivity contribution >= 4 is 38.9 Å². The molecule has 1 aromatic heterocycles. The maximum absolute atomic E-state index is 12.5. The van der Waals surface area contributed by atoms with Gasteiger partial charge in [-0.05, 0) is 42.0 Å². The van der Waals surface area contributed by atoms with E-state index in [-0.39, 0.29) is 21.7 Å². The predicted molar refractivity (Wildman–Crippen MR) is 116 cm³/mol. The molecule has 0 saturated heterocycles. The van der Waals surface area contributed by atoms with Crippen LogP contribution in [-0.2, 0) is 14.6 Å². The lowest BCUT2D eigenvalue weighted by atomic mass is 9.96. The van der Waals surface area contributed by atoms with Gasteiger partial charge in [0.25, 0.3) is 5.91 Å². The van der Waals surface area contributed by atoms with E-state index in [1.54, 1.807) is 42.6 Å². The zero-order valence-electron chi connectivity index (χ0n) is 16.1. The molecule has 0 aliphatic heterocycles. The zero-order chi connectivity index (χ0) is 22.1. The lowest BCUT2D eigenvalue weighted by molar-refractivity contribution is -0.114. The Balaban J connectivity index is 2.40. The van der Waals surface area contributed by atoms with Crippen LogP contribution in [0.3, 0.4) is 0 Å². The molecule has 0 spiro atoms. The summed E-state index contributed by atoms with van der Waals surface area (Å²) in [6.07, 6.45) is 2.65. The highest BCUT2D eigenvalue weighted by atomic mass is 35.5. The molecular weight excluding hydrogens is 426 g/mol. The fourth-order valence-electron chi connectivity index (χ4n) is 3.09. The molecule has 0 bridgehead atoms. The Labute approximate surface area is 178 Å². The molecule has 0 aliphatic rings. The minimum Gasteiger partial charge on any atom is -0.366 e. The molecule has 2 aromatic carbocycles. The van der Waals surface area contributed by atoms with Crippen LogP contribution in [-0.4, -0.2) is 31.5 Å². The first-order valence-electron chi connectivity index (χ1n) is 8.75. The number of hydrogen-bond acceptors (Lipinski definition) is 5. The Morgan fingerprint density at radius 2 is 1.83 bits per heavy atom. The third kappa shape index (κ3) is 4.34. The molecule has 30 heavy (non-hydrogen) atoms. The molecule has 3 rings (SSSR count). The summed E-state index contributed by atoms with van der Waals surface area (Å²) < 4.78 is 25.0. The predicted octanol–water partition coefficient (Wildman–Crippen LogP) is 3.53. The van der Waals surface area contributed by atoms with Gasteiger partial charge in [0.2, 0.25) is 5.91 Å². The smallest absolute Gasteiger partial charge is 0.250 e. The van der Waals surface area contributed by atoms with Crippen LogP contribution < -0.4 is 11.1 Å². The molecule has 0 unspecified atom stereocenters. The van der Waals surface area contributed by atoms with Crippen molar-refractivity contribution in [1.82, 2.24) is 4.98 Å².